The van der Waals surface area contributed by atoms with Crippen LogP contribution in [-0.2, 0) is 6.54 Å². The van der Waals surface area contributed by atoms with Crippen LogP contribution in [-0.4, -0.2) is 9.78 Å². The van der Waals surface area contributed by atoms with Gasteiger partial charge in [0.15, 0.2) is 0 Å². The molecule has 96 valence electrons. The summed E-state index contributed by atoms with van der Waals surface area (Å²) in [7, 11) is 0. The number of benzene rings is 1. The van der Waals surface area contributed by atoms with E-state index in [1.807, 2.05) is 29.8 Å². The fourth-order valence-corrected chi connectivity index (χ4v) is 2.14. The summed E-state index contributed by atoms with van der Waals surface area (Å²) < 4.78 is 1.92. The van der Waals surface area contributed by atoms with Gasteiger partial charge in [-0.2, -0.15) is 5.10 Å². The van der Waals surface area contributed by atoms with Crippen molar-refractivity contribution >= 4 is 11.6 Å². The first-order valence-corrected chi connectivity index (χ1v) is 6.75. The molecule has 0 fully saturated rings. The van der Waals surface area contributed by atoms with Gasteiger partial charge in [0.05, 0.1) is 5.69 Å². The molecule has 0 radical (unpaired) electrons. The topological polar surface area (TPSA) is 17.8 Å². The molecule has 2 rings (SSSR count). The second-order valence-corrected chi connectivity index (χ2v) is 5.39. The minimum absolute atomic E-state index is 0.658. The van der Waals surface area contributed by atoms with Crippen molar-refractivity contribution in [2.45, 2.75) is 33.7 Å². The zero-order chi connectivity index (χ0) is 13.1. The van der Waals surface area contributed by atoms with E-state index in [1.54, 1.807) is 0 Å². The quantitative estimate of drug-likeness (QED) is 0.790. The predicted octanol–water partition coefficient (Wildman–Crippen LogP) is 4.56. The van der Waals surface area contributed by atoms with Gasteiger partial charge in [-0.05, 0) is 19.3 Å². The van der Waals surface area contributed by atoms with E-state index in [1.165, 1.54) is 0 Å². The predicted molar refractivity (Wildman–Crippen MR) is 76.9 cm³/mol. The third kappa shape index (κ3) is 2.75. The van der Waals surface area contributed by atoms with Crippen molar-refractivity contribution in [3.63, 3.8) is 0 Å². The summed E-state index contributed by atoms with van der Waals surface area (Å²) in [6, 6.07) is 10.2. The molecule has 1 heterocycles. The molecule has 0 aliphatic heterocycles. The summed E-state index contributed by atoms with van der Waals surface area (Å²) in [4.78, 5) is 0. The van der Waals surface area contributed by atoms with Crippen molar-refractivity contribution in [2.24, 2.45) is 5.92 Å². The minimum atomic E-state index is 0.658. The fourth-order valence-electron chi connectivity index (χ4n) is 1.93. The SMILES string of the molecule is Cc1c(-c2ccccc2)nn(CCC(C)C)c1Cl. The fraction of sp³-hybridized carbons (Fsp3) is 0.400. The van der Waals surface area contributed by atoms with Crippen LogP contribution in [0.4, 0.5) is 0 Å². The highest BCUT2D eigenvalue weighted by atomic mass is 35.5. The van der Waals surface area contributed by atoms with Crippen molar-refractivity contribution in [2.75, 3.05) is 0 Å². The van der Waals surface area contributed by atoms with Crippen LogP contribution >= 0.6 is 11.6 Å². The molecule has 0 unspecified atom stereocenters. The van der Waals surface area contributed by atoms with Crippen molar-refractivity contribution in [1.29, 1.82) is 0 Å². The highest BCUT2D eigenvalue weighted by molar-refractivity contribution is 6.30. The second-order valence-electron chi connectivity index (χ2n) is 5.04. The van der Waals surface area contributed by atoms with E-state index in [4.69, 9.17) is 11.6 Å². The van der Waals surface area contributed by atoms with E-state index < -0.39 is 0 Å². The number of hydrogen-bond donors (Lipinski definition) is 0. The largest absolute Gasteiger partial charge is 0.253 e. The first-order chi connectivity index (χ1) is 8.59. The van der Waals surface area contributed by atoms with Gasteiger partial charge >= 0.3 is 0 Å². The summed E-state index contributed by atoms with van der Waals surface area (Å²) in [5, 5.41) is 5.40. The molecule has 0 aliphatic rings. The second kappa shape index (κ2) is 5.57. The molecule has 0 bridgehead atoms. The Morgan fingerprint density at radius 1 is 1.22 bits per heavy atom. The molecule has 3 heteroatoms. The Morgan fingerprint density at radius 3 is 2.50 bits per heavy atom. The maximum absolute atomic E-state index is 6.35. The van der Waals surface area contributed by atoms with Crippen LogP contribution in [0.1, 0.15) is 25.8 Å². The van der Waals surface area contributed by atoms with Crippen LogP contribution < -0.4 is 0 Å². The highest BCUT2D eigenvalue weighted by Gasteiger charge is 2.13. The summed E-state index contributed by atoms with van der Waals surface area (Å²) in [5.74, 6) is 0.658. The van der Waals surface area contributed by atoms with Crippen LogP contribution in [0.5, 0.6) is 0 Å². The number of halogens is 1. The van der Waals surface area contributed by atoms with Gasteiger partial charge in [0.1, 0.15) is 5.15 Å². The van der Waals surface area contributed by atoms with E-state index in [9.17, 15) is 0 Å². The molecular formula is C15H19ClN2. The van der Waals surface area contributed by atoms with Crippen LogP contribution in [0.2, 0.25) is 5.15 Å². The van der Waals surface area contributed by atoms with Gasteiger partial charge in [-0.3, -0.25) is 4.68 Å². The maximum atomic E-state index is 6.35. The van der Waals surface area contributed by atoms with E-state index in [0.717, 1.165) is 34.9 Å². The Morgan fingerprint density at radius 2 is 1.89 bits per heavy atom. The number of nitrogens with zero attached hydrogens (tertiary/aromatic N) is 2. The normalized spacial score (nSPS) is 11.2. The highest BCUT2D eigenvalue weighted by Crippen LogP contribution is 2.28. The molecule has 0 saturated heterocycles. The average molecular weight is 263 g/mol. The molecule has 2 nitrogen and oxygen atoms in total. The zero-order valence-corrected chi connectivity index (χ0v) is 11.9. The Hall–Kier alpha value is -1.28. The van der Waals surface area contributed by atoms with Crippen LogP contribution in [0, 0.1) is 12.8 Å². The van der Waals surface area contributed by atoms with Crippen LogP contribution in [0.25, 0.3) is 11.3 Å². The Balaban J connectivity index is 2.31. The lowest BCUT2D eigenvalue weighted by Gasteiger charge is -2.05. The Bertz CT molecular complexity index is 515. The maximum Gasteiger partial charge on any atom is 0.130 e. The molecule has 0 amide bonds. The lowest BCUT2D eigenvalue weighted by molar-refractivity contribution is 0.488. The van der Waals surface area contributed by atoms with Crippen molar-refractivity contribution in [1.82, 2.24) is 9.78 Å². The first-order valence-electron chi connectivity index (χ1n) is 6.38. The van der Waals surface area contributed by atoms with Crippen molar-refractivity contribution < 1.29 is 0 Å². The van der Waals surface area contributed by atoms with E-state index in [0.29, 0.717) is 5.92 Å². The third-order valence-corrected chi connectivity index (χ3v) is 3.56. The molecule has 1 aromatic carbocycles. The third-order valence-electron chi connectivity index (χ3n) is 3.08. The van der Waals surface area contributed by atoms with Crippen molar-refractivity contribution in [3.05, 3.63) is 41.0 Å². The molecule has 0 aliphatic carbocycles. The van der Waals surface area contributed by atoms with Gasteiger partial charge in [0.2, 0.25) is 0 Å². The molecular weight excluding hydrogens is 244 g/mol. The molecule has 0 spiro atoms. The van der Waals surface area contributed by atoms with Gasteiger partial charge < -0.3 is 0 Å². The molecule has 18 heavy (non-hydrogen) atoms. The number of hydrogen-bond acceptors (Lipinski definition) is 1. The van der Waals surface area contributed by atoms with Gasteiger partial charge in [0, 0.05) is 17.7 Å². The van der Waals surface area contributed by atoms with Gasteiger partial charge in [-0.15, -0.1) is 0 Å². The summed E-state index contributed by atoms with van der Waals surface area (Å²) in [5.41, 5.74) is 3.18. The standard InChI is InChI=1S/C15H19ClN2/c1-11(2)9-10-18-15(16)12(3)14(17-18)13-7-5-4-6-8-13/h4-8,11H,9-10H2,1-3H3. The lowest BCUT2D eigenvalue weighted by Crippen LogP contribution is -2.03. The van der Waals surface area contributed by atoms with Crippen molar-refractivity contribution in [3.8, 4) is 11.3 Å². The van der Waals surface area contributed by atoms with Gasteiger partial charge in [0.25, 0.3) is 0 Å². The van der Waals surface area contributed by atoms with Gasteiger partial charge in [-0.1, -0.05) is 55.8 Å². The number of rotatable bonds is 4. The van der Waals surface area contributed by atoms with Crippen LogP contribution in [0.3, 0.4) is 0 Å². The number of aromatic nitrogens is 2. The molecule has 2 aromatic rings. The zero-order valence-electron chi connectivity index (χ0n) is 11.2. The summed E-state index contributed by atoms with van der Waals surface area (Å²) in [6.45, 7) is 7.33. The Labute approximate surface area is 114 Å². The summed E-state index contributed by atoms with van der Waals surface area (Å²) >= 11 is 6.35. The molecule has 0 saturated carbocycles. The smallest absolute Gasteiger partial charge is 0.130 e. The molecule has 1 aromatic heterocycles. The van der Waals surface area contributed by atoms with Gasteiger partial charge in [-0.25, -0.2) is 0 Å². The van der Waals surface area contributed by atoms with E-state index in [2.05, 4.69) is 31.1 Å². The Kier molecular flexibility index (Phi) is 4.07. The number of aryl methyl sites for hydroxylation is 1. The molecule has 0 N–H and O–H groups in total. The monoisotopic (exact) mass is 262 g/mol. The minimum Gasteiger partial charge on any atom is -0.253 e. The van der Waals surface area contributed by atoms with E-state index >= 15 is 0 Å². The lowest BCUT2D eigenvalue weighted by atomic mass is 10.1. The van der Waals surface area contributed by atoms with E-state index in [-0.39, 0.29) is 0 Å². The summed E-state index contributed by atoms with van der Waals surface area (Å²) in [6.07, 6.45) is 1.09. The first kappa shape index (κ1) is 13.2. The molecule has 0 atom stereocenters. The van der Waals surface area contributed by atoms with Crippen LogP contribution in [0.15, 0.2) is 30.3 Å². The average Bonchev–Trinajstić information content (AvgIpc) is 2.65.